The third-order valence-corrected chi connectivity index (χ3v) is 3.89. The molecule has 0 fully saturated rings. The number of aliphatic hydroxyl groups excluding tert-OH is 1. The maximum absolute atomic E-state index is 9.45. The summed E-state index contributed by atoms with van der Waals surface area (Å²) in [6, 6.07) is 5.92. The van der Waals surface area contributed by atoms with E-state index in [-0.39, 0.29) is 6.61 Å². The number of hydrogen-bond acceptors (Lipinski definition) is 5. The van der Waals surface area contributed by atoms with E-state index in [0.717, 1.165) is 55.0 Å². The van der Waals surface area contributed by atoms with E-state index in [1.54, 1.807) is 14.2 Å². The fraction of sp³-hybridized carbons (Fsp3) is 0.529. The van der Waals surface area contributed by atoms with Gasteiger partial charge in [-0.3, -0.25) is 0 Å². The van der Waals surface area contributed by atoms with Crippen molar-refractivity contribution in [2.24, 2.45) is 0 Å². The minimum Gasteiger partial charge on any atom is -0.493 e. The minimum absolute atomic E-state index is 0.0760. The number of rotatable bonds is 9. The minimum atomic E-state index is -0.0760. The third kappa shape index (κ3) is 4.22. The van der Waals surface area contributed by atoms with Crippen LogP contribution in [0, 0.1) is 0 Å². The van der Waals surface area contributed by atoms with Gasteiger partial charge < -0.3 is 14.6 Å². The standard InChI is InChI=1S/C17H25N3O3/c1-4-5-10-20-15(14(12-21)18-19-20)8-6-13-7-9-16(22-2)17(11-13)23-3/h7,9,11,21H,4-6,8,10,12H2,1-3H3. The highest BCUT2D eigenvalue weighted by atomic mass is 16.5. The van der Waals surface area contributed by atoms with Gasteiger partial charge in [0, 0.05) is 6.54 Å². The van der Waals surface area contributed by atoms with Crippen LogP contribution in [0.4, 0.5) is 0 Å². The Bertz CT molecular complexity index is 626. The topological polar surface area (TPSA) is 69.4 Å². The number of nitrogens with zero attached hydrogens (tertiary/aromatic N) is 3. The quantitative estimate of drug-likeness (QED) is 0.768. The van der Waals surface area contributed by atoms with Crippen LogP contribution in [0.5, 0.6) is 11.5 Å². The lowest BCUT2D eigenvalue weighted by molar-refractivity contribution is 0.275. The maximum Gasteiger partial charge on any atom is 0.160 e. The largest absolute Gasteiger partial charge is 0.493 e. The number of benzene rings is 1. The predicted octanol–water partition coefficient (Wildman–Crippen LogP) is 2.37. The second kappa shape index (κ2) is 8.53. The number of aryl methyl sites for hydroxylation is 2. The van der Waals surface area contributed by atoms with Gasteiger partial charge in [0.25, 0.3) is 0 Å². The fourth-order valence-corrected chi connectivity index (χ4v) is 2.55. The van der Waals surface area contributed by atoms with E-state index in [1.807, 2.05) is 22.9 Å². The molecule has 0 radical (unpaired) electrons. The first-order chi connectivity index (χ1) is 11.2. The highest BCUT2D eigenvalue weighted by molar-refractivity contribution is 5.43. The Labute approximate surface area is 137 Å². The van der Waals surface area contributed by atoms with Crippen LogP contribution in [0.15, 0.2) is 18.2 Å². The van der Waals surface area contributed by atoms with Crippen molar-refractivity contribution < 1.29 is 14.6 Å². The average molecular weight is 319 g/mol. The molecule has 0 bridgehead atoms. The summed E-state index contributed by atoms with van der Waals surface area (Å²) in [5.74, 6) is 1.45. The molecule has 2 rings (SSSR count). The SMILES string of the molecule is CCCCn1nnc(CO)c1CCc1ccc(OC)c(OC)c1. The lowest BCUT2D eigenvalue weighted by Gasteiger charge is -2.10. The molecule has 6 heteroatoms. The molecule has 0 spiro atoms. The van der Waals surface area contributed by atoms with Crippen LogP contribution in [0.3, 0.4) is 0 Å². The van der Waals surface area contributed by atoms with Crippen LogP contribution in [-0.2, 0) is 26.0 Å². The van der Waals surface area contributed by atoms with E-state index in [2.05, 4.69) is 17.2 Å². The normalized spacial score (nSPS) is 10.8. The Kier molecular flexibility index (Phi) is 6.40. The molecule has 0 amide bonds. The van der Waals surface area contributed by atoms with Gasteiger partial charge in [0.15, 0.2) is 11.5 Å². The lowest BCUT2D eigenvalue weighted by atomic mass is 10.1. The highest BCUT2D eigenvalue weighted by Gasteiger charge is 2.13. The second-order valence-corrected chi connectivity index (χ2v) is 5.41. The summed E-state index contributed by atoms with van der Waals surface area (Å²) in [6.07, 6.45) is 3.76. The van der Waals surface area contributed by atoms with Crippen LogP contribution in [0.2, 0.25) is 0 Å². The van der Waals surface area contributed by atoms with Crippen LogP contribution in [0.1, 0.15) is 36.7 Å². The zero-order chi connectivity index (χ0) is 16.7. The van der Waals surface area contributed by atoms with Crippen LogP contribution < -0.4 is 9.47 Å². The smallest absolute Gasteiger partial charge is 0.160 e. The van der Waals surface area contributed by atoms with Crippen LogP contribution in [-0.4, -0.2) is 34.3 Å². The fourth-order valence-electron chi connectivity index (χ4n) is 2.55. The molecule has 2 aromatic rings. The first kappa shape index (κ1) is 17.3. The van der Waals surface area contributed by atoms with Crippen molar-refractivity contribution in [3.8, 4) is 11.5 Å². The van der Waals surface area contributed by atoms with Gasteiger partial charge in [-0.2, -0.15) is 0 Å². The van der Waals surface area contributed by atoms with Crippen LogP contribution >= 0.6 is 0 Å². The zero-order valence-electron chi connectivity index (χ0n) is 14.1. The monoisotopic (exact) mass is 319 g/mol. The first-order valence-corrected chi connectivity index (χ1v) is 7.96. The zero-order valence-corrected chi connectivity index (χ0v) is 14.1. The second-order valence-electron chi connectivity index (χ2n) is 5.41. The Hall–Kier alpha value is -2.08. The molecule has 0 unspecified atom stereocenters. The number of aromatic nitrogens is 3. The van der Waals surface area contributed by atoms with Gasteiger partial charge in [-0.05, 0) is 37.0 Å². The Morgan fingerprint density at radius 3 is 2.57 bits per heavy atom. The summed E-state index contributed by atoms with van der Waals surface area (Å²) in [4.78, 5) is 0. The van der Waals surface area contributed by atoms with Gasteiger partial charge in [-0.25, -0.2) is 4.68 Å². The number of hydrogen-bond donors (Lipinski definition) is 1. The van der Waals surface area contributed by atoms with Gasteiger partial charge in [-0.1, -0.05) is 24.6 Å². The predicted molar refractivity (Wildman–Crippen MR) is 87.8 cm³/mol. The molecular formula is C17H25N3O3. The maximum atomic E-state index is 9.45. The molecule has 0 aliphatic heterocycles. The van der Waals surface area contributed by atoms with Crippen molar-refractivity contribution in [2.75, 3.05) is 14.2 Å². The van der Waals surface area contributed by atoms with E-state index in [0.29, 0.717) is 5.69 Å². The molecule has 6 nitrogen and oxygen atoms in total. The summed E-state index contributed by atoms with van der Waals surface area (Å²) in [5.41, 5.74) is 2.83. The van der Waals surface area contributed by atoms with Gasteiger partial charge in [-0.15, -0.1) is 5.10 Å². The third-order valence-electron chi connectivity index (χ3n) is 3.89. The number of methoxy groups -OCH3 is 2. The Morgan fingerprint density at radius 1 is 1.13 bits per heavy atom. The number of unbranched alkanes of at least 4 members (excludes halogenated alkanes) is 1. The number of ether oxygens (including phenoxy) is 2. The molecule has 0 saturated heterocycles. The molecule has 23 heavy (non-hydrogen) atoms. The van der Waals surface area contributed by atoms with Gasteiger partial charge in [0.2, 0.25) is 0 Å². The summed E-state index contributed by atoms with van der Waals surface area (Å²) < 4.78 is 12.5. The van der Waals surface area contributed by atoms with Crippen molar-refractivity contribution in [1.29, 1.82) is 0 Å². The molecule has 1 N–H and O–H groups in total. The molecule has 1 aromatic heterocycles. The molecule has 1 aromatic carbocycles. The molecular weight excluding hydrogens is 294 g/mol. The van der Waals surface area contributed by atoms with Gasteiger partial charge in [0.05, 0.1) is 26.5 Å². The van der Waals surface area contributed by atoms with E-state index in [9.17, 15) is 5.11 Å². The molecule has 0 atom stereocenters. The summed E-state index contributed by atoms with van der Waals surface area (Å²) in [6.45, 7) is 2.91. The van der Waals surface area contributed by atoms with Crippen molar-refractivity contribution in [1.82, 2.24) is 15.0 Å². The summed E-state index contributed by atoms with van der Waals surface area (Å²) in [5, 5.41) is 17.7. The average Bonchev–Trinajstić information content (AvgIpc) is 2.99. The number of aliphatic hydroxyl groups is 1. The first-order valence-electron chi connectivity index (χ1n) is 7.96. The molecule has 126 valence electrons. The lowest BCUT2D eigenvalue weighted by Crippen LogP contribution is -2.08. The van der Waals surface area contributed by atoms with Gasteiger partial charge >= 0.3 is 0 Å². The molecule has 0 aliphatic rings. The Balaban J connectivity index is 2.12. The van der Waals surface area contributed by atoms with E-state index in [4.69, 9.17) is 9.47 Å². The summed E-state index contributed by atoms with van der Waals surface area (Å²) in [7, 11) is 3.26. The highest BCUT2D eigenvalue weighted by Crippen LogP contribution is 2.28. The van der Waals surface area contributed by atoms with Crippen molar-refractivity contribution in [3.63, 3.8) is 0 Å². The van der Waals surface area contributed by atoms with Crippen molar-refractivity contribution in [3.05, 3.63) is 35.2 Å². The van der Waals surface area contributed by atoms with E-state index >= 15 is 0 Å². The summed E-state index contributed by atoms with van der Waals surface area (Å²) >= 11 is 0. The van der Waals surface area contributed by atoms with E-state index < -0.39 is 0 Å². The van der Waals surface area contributed by atoms with Gasteiger partial charge in [0.1, 0.15) is 5.69 Å². The molecule has 1 heterocycles. The molecule has 0 saturated carbocycles. The van der Waals surface area contributed by atoms with Crippen LogP contribution in [0.25, 0.3) is 0 Å². The van der Waals surface area contributed by atoms with Crippen molar-refractivity contribution in [2.45, 2.75) is 45.8 Å². The Morgan fingerprint density at radius 2 is 1.91 bits per heavy atom. The van der Waals surface area contributed by atoms with Crippen molar-refractivity contribution >= 4 is 0 Å². The van der Waals surface area contributed by atoms with E-state index in [1.165, 1.54) is 0 Å². The molecule has 0 aliphatic carbocycles.